The number of carbonyl (C=O) groups excluding carboxylic acids is 3. The van der Waals surface area contributed by atoms with Gasteiger partial charge in [-0.1, -0.05) is 60.7 Å². The second kappa shape index (κ2) is 9.63. The Morgan fingerprint density at radius 1 is 1.00 bits per heavy atom. The molecule has 1 aromatic heterocycles. The molecule has 35 heavy (non-hydrogen) atoms. The lowest BCUT2D eigenvalue weighted by Crippen LogP contribution is -2.73. The first-order chi connectivity index (χ1) is 17.0. The number of carbonyl (C=O) groups is 3. The molecule has 2 saturated heterocycles. The topological polar surface area (TPSA) is 89.3 Å². The second-order valence-electron chi connectivity index (χ2n) is 8.70. The van der Waals surface area contributed by atoms with E-state index in [9.17, 15) is 14.4 Å². The number of nitrogens with one attached hydrogen (secondary N) is 1. The van der Waals surface area contributed by atoms with E-state index in [-0.39, 0.29) is 37.5 Å². The summed E-state index contributed by atoms with van der Waals surface area (Å²) in [5.41, 5.74) is 1.67. The summed E-state index contributed by atoms with van der Waals surface area (Å²) in [5, 5.41) is 6.12. The molecule has 3 heterocycles. The number of fused-ring (bicyclic) bond motifs is 1. The van der Waals surface area contributed by atoms with Crippen LogP contribution in [-0.2, 0) is 22.7 Å². The number of likely N-dealkylation sites (N-methyl/N-ethyl adjacent to an activating group) is 1. The minimum absolute atomic E-state index is 0.00987. The van der Waals surface area contributed by atoms with Crippen LogP contribution in [0.3, 0.4) is 0 Å². The van der Waals surface area contributed by atoms with Gasteiger partial charge in [0.15, 0.2) is 0 Å². The van der Waals surface area contributed by atoms with Crippen LogP contribution in [-0.4, -0.2) is 64.0 Å². The van der Waals surface area contributed by atoms with Gasteiger partial charge in [0.25, 0.3) is 5.91 Å². The highest BCUT2D eigenvalue weighted by molar-refractivity contribution is 5.92. The van der Waals surface area contributed by atoms with Crippen molar-refractivity contribution < 1.29 is 18.8 Å². The third-order valence-electron chi connectivity index (χ3n) is 6.37. The zero-order valence-corrected chi connectivity index (χ0v) is 19.4. The third-order valence-corrected chi connectivity index (χ3v) is 6.37. The van der Waals surface area contributed by atoms with Crippen molar-refractivity contribution in [3.63, 3.8) is 0 Å². The van der Waals surface area contributed by atoms with Gasteiger partial charge in [-0.25, -0.2) is 14.8 Å². The summed E-state index contributed by atoms with van der Waals surface area (Å²) < 4.78 is 5.49. The Labute approximate surface area is 203 Å². The van der Waals surface area contributed by atoms with E-state index in [0.29, 0.717) is 17.9 Å². The first-order valence-electron chi connectivity index (χ1n) is 11.5. The molecule has 1 N–H and O–H groups in total. The van der Waals surface area contributed by atoms with Crippen molar-refractivity contribution in [2.24, 2.45) is 0 Å². The fourth-order valence-electron chi connectivity index (χ4n) is 4.74. The van der Waals surface area contributed by atoms with Crippen LogP contribution in [0.25, 0.3) is 0 Å². The van der Waals surface area contributed by atoms with Gasteiger partial charge in [-0.3, -0.25) is 9.59 Å². The van der Waals surface area contributed by atoms with Gasteiger partial charge in [0.1, 0.15) is 18.0 Å². The molecule has 0 spiro atoms. The van der Waals surface area contributed by atoms with E-state index in [1.807, 2.05) is 60.7 Å². The first-order valence-corrected chi connectivity index (χ1v) is 11.5. The number of rotatable bonds is 5. The molecule has 2 aromatic carbocycles. The maximum Gasteiger partial charge on any atom is 0.334 e. The predicted molar refractivity (Wildman–Crippen MR) is 127 cm³/mol. The zero-order valence-electron chi connectivity index (χ0n) is 19.4. The summed E-state index contributed by atoms with van der Waals surface area (Å²) in [6.07, 6.45) is 0.890. The summed E-state index contributed by atoms with van der Waals surface area (Å²) in [6.45, 7) is 0.750. The van der Waals surface area contributed by atoms with Gasteiger partial charge in [-0.05, 0) is 23.3 Å². The number of nitrogens with zero attached hydrogens (tertiary/aromatic N) is 4. The Morgan fingerprint density at radius 3 is 2.40 bits per heavy atom. The van der Waals surface area contributed by atoms with E-state index in [0.717, 1.165) is 5.56 Å². The fraction of sp³-hybridized carbons (Fsp3) is 0.269. The largest absolute Gasteiger partial charge is 0.467 e. The van der Waals surface area contributed by atoms with Crippen LogP contribution in [0.1, 0.15) is 22.9 Å². The number of hydrazine groups is 1. The summed E-state index contributed by atoms with van der Waals surface area (Å²) in [7, 11) is 1.71. The molecule has 4 amide bonds. The molecule has 5 rings (SSSR count). The Morgan fingerprint density at radius 2 is 1.71 bits per heavy atom. The van der Waals surface area contributed by atoms with Gasteiger partial charge < -0.3 is 19.5 Å². The first kappa shape index (κ1) is 22.7. The Hall–Kier alpha value is -4.11. The molecule has 2 aliphatic heterocycles. The number of amides is 4. The van der Waals surface area contributed by atoms with Crippen molar-refractivity contribution in [1.82, 2.24) is 25.1 Å². The van der Waals surface area contributed by atoms with Crippen molar-refractivity contribution in [3.8, 4) is 0 Å². The monoisotopic (exact) mass is 473 g/mol. The predicted octanol–water partition coefficient (Wildman–Crippen LogP) is 2.59. The fourth-order valence-corrected chi connectivity index (χ4v) is 4.74. The maximum atomic E-state index is 13.7. The van der Waals surface area contributed by atoms with Crippen molar-refractivity contribution in [1.29, 1.82) is 0 Å². The number of furan rings is 1. The minimum atomic E-state index is -0.837. The van der Waals surface area contributed by atoms with Gasteiger partial charge in [0.2, 0.25) is 5.91 Å². The SMILES string of the molecule is CN1CC(=O)N2[C@@H](c3ccccc3)C(=O)N(Cc3ccco3)C[C@@H]2N1C(=O)NCc1ccccc1. The number of urea groups is 1. The molecule has 180 valence electrons. The summed E-state index contributed by atoms with van der Waals surface area (Å²) in [6, 6.07) is 21.2. The normalized spacial score (nSPS) is 20.7. The highest BCUT2D eigenvalue weighted by atomic mass is 16.3. The van der Waals surface area contributed by atoms with Gasteiger partial charge in [0, 0.05) is 13.6 Å². The van der Waals surface area contributed by atoms with Gasteiger partial charge in [-0.2, -0.15) is 0 Å². The highest BCUT2D eigenvalue weighted by Crippen LogP contribution is 2.35. The molecule has 3 aromatic rings. The standard InChI is InChI=1S/C26H27N5O4/c1-28-18-23(32)30-22(31(28)26(34)27-15-19-9-4-2-5-10-19)17-29(16-21-13-8-14-35-21)25(33)24(30)20-11-6-3-7-12-20/h2-14,22,24H,15-18H2,1H3,(H,27,34)/t22-,24-/m0/s1. The van der Waals surface area contributed by atoms with Crippen LogP contribution in [0.2, 0.25) is 0 Å². The molecule has 0 radical (unpaired) electrons. The van der Waals surface area contributed by atoms with E-state index in [4.69, 9.17) is 4.42 Å². The average Bonchev–Trinajstić information content (AvgIpc) is 3.38. The molecule has 2 fully saturated rings. The van der Waals surface area contributed by atoms with E-state index in [2.05, 4.69) is 5.32 Å². The molecule has 9 nitrogen and oxygen atoms in total. The molecule has 0 unspecified atom stereocenters. The molecule has 0 saturated carbocycles. The Bertz CT molecular complexity index is 1180. The van der Waals surface area contributed by atoms with Crippen molar-refractivity contribution in [3.05, 3.63) is 95.9 Å². The quantitative estimate of drug-likeness (QED) is 0.615. The summed E-state index contributed by atoms with van der Waals surface area (Å²) in [5.74, 6) is 0.227. The highest BCUT2D eigenvalue weighted by Gasteiger charge is 2.51. The zero-order chi connectivity index (χ0) is 24.4. The smallest absolute Gasteiger partial charge is 0.334 e. The van der Waals surface area contributed by atoms with Crippen LogP contribution in [0.5, 0.6) is 0 Å². The lowest BCUT2D eigenvalue weighted by Gasteiger charge is -2.54. The third kappa shape index (κ3) is 4.50. The van der Waals surface area contributed by atoms with Crippen LogP contribution in [0.15, 0.2) is 83.5 Å². The van der Waals surface area contributed by atoms with Crippen molar-refractivity contribution >= 4 is 17.8 Å². The van der Waals surface area contributed by atoms with Crippen LogP contribution >= 0.6 is 0 Å². The van der Waals surface area contributed by atoms with Gasteiger partial charge in [0.05, 0.1) is 25.9 Å². The van der Waals surface area contributed by atoms with Crippen molar-refractivity contribution in [2.45, 2.75) is 25.3 Å². The van der Waals surface area contributed by atoms with E-state index >= 15 is 0 Å². The van der Waals surface area contributed by atoms with Crippen LogP contribution in [0.4, 0.5) is 4.79 Å². The Kier molecular flexibility index (Phi) is 6.24. The van der Waals surface area contributed by atoms with Crippen LogP contribution in [0, 0.1) is 0 Å². The molecule has 2 atom stereocenters. The maximum absolute atomic E-state index is 13.7. The molecule has 9 heteroatoms. The number of hydrogen-bond acceptors (Lipinski definition) is 5. The van der Waals surface area contributed by atoms with Crippen LogP contribution < -0.4 is 5.32 Å². The molecule has 0 aliphatic carbocycles. The van der Waals surface area contributed by atoms with Gasteiger partial charge >= 0.3 is 6.03 Å². The Balaban J connectivity index is 1.47. The second-order valence-corrected chi connectivity index (χ2v) is 8.70. The summed E-state index contributed by atoms with van der Waals surface area (Å²) in [4.78, 5) is 43.6. The average molecular weight is 474 g/mol. The minimum Gasteiger partial charge on any atom is -0.467 e. The molecule has 0 bridgehead atoms. The van der Waals surface area contributed by atoms with E-state index < -0.39 is 12.2 Å². The molecular weight excluding hydrogens is 446 g/mol. The lowest BCUT2D eigenvalue weighted by atomic mass is 9.98. The summed E-state index contributed by atoms with van der Waals surface area (Å²) >= 11 is 0. The van der Waals surface area contributed by atoms with E-state index in [1.165, 1.54) is 0 Å². The molecular formula is C26H27N5O4. The number of hydrogen-bond donors (Lipinski definition) is 1. The number of piperazine rings is 1. The molecule has 2 aliphatic rings. The lowest BCUT2D eigenvalue weighted by molar-refractivity contribution is -0.188. The number of benzene rings is 2. The van der Waals surface area contributed by atoms with Gasteiger partial charge in [-0.15, -0.1) is 0 Å². The van der Waals surface area contributed by atoms with Crippen molar-refractivity contribution in [2.75, 3.05) is 20.1 Å². The van der Waals surface area contributed by atoms with E-state index in [1.54, 1.807) is 45.3 Å².